The van der Waals surface area contributed by atoms with Crippen LogP contribution in [0.4, 0.5) is 10.5 Å². The number of phenolic OH excluding ortho intramolecular Hbond substituents is 1. The minimum absolute atomic E-state index is 0.0307. The van der Waals surface area contributed by atoms with E-state index < -0.39 is 17.8 Å². The molecule has 4 amide bonds. The molecular formula is C20H17IN2O5. The largest absolute Gasteiger partial charge is 0.504 e. The molecule has 3 rings (SSSR count). The highest BCUT2D eigenvalue weighted by atomic mass is 127. The number of barbiturate groups is 1. The molecule has 1 saturated heterocycles. The second-order valence-electron chi connectivity index (χ2n) is 6.23. The Hall–Kier alpha value is -2.88. The summed E-state index contributed by atoms with van der Waals surface area (Å²) in [6.45, 7) is 3.68. The third-order valence-electron chi connectivity index (χ3n) is 4.50. The number of hydrogen-bond acceptors (Lipinski definition) is 5. The van der Waals surface area contributed by atoms with Crippen LogP contribution in [-0.4, -0.2) is 30.1 Å². The fourth-order valence-electron chi connectivity index (χ4n) is 2.85. The van der Waals surface area contributed by atoms with Crippen LogP contribution in [0.5, 0.6) is 11.5 Å². The molecule has 0 saturated carbocycles. The minimum atomic E-state index is -0.793. The van der Waals surface area contributed by atoms with Crippen LogP contribution >= 0.6 is 22.6 Å². The van der Waals surface area contributed by atoms with E-state index in [-0.39, 0.29) is 17.1 Å². The molecule has 7 nitrogen and oxygen atoms in total. The van der Waals surface area contributed by atoms with Gasteiger partial charge < -0.3 is 9.84 Å². The standard InChI is InChI=1S/C20H17IN2O5/c1-10-5-4-6-15(11(10)2)23-19(26)13(18(25)22-20(23)27)7-12-8-14(21)17(24)16(9-12)28-3/h4-9,24H,1-3H3,(H,22,25,27)/b13-7+. The summed E-state index contributed by atoms with van der Waals surface area (Å²) in [5.74, 6) is -1.31. The number of carbonyl (C=O) groups is 3. The molecule has 1 aliphatic rings. The van der Waals surface area contributed by atoms with Gasteiger partial charge >= 0.3 is 6.03 Å². The number of nitrogens with zero attached hydrogens (tertiary/aromatic N) is 1. The maximum Gasteiger partial charge on any atom is 0.335 e. The van der Waals surface area contributed by atoms with Gasteiger partial charge in [0.1, 0.15) is 5.57 Å². The number of nitrogens with one attached hydrogen (secondary N) is 1. The fourth-order valence-corrected chi connectivity index (χ4v) is 3.48. The second-order valence-corrected chi connectivity index (χ2v) is 7.39. The first-order valence-corrected chi connectivity index (χ1v) is 9.36. The highest BCUT2D eigenvalue weighted by Crippen LogP contribution is 2.34. The Labute approximate surface area is 175 Å². The molecule has 1 fully saturated rings. The number of methoxy groups -OCH3 is 1. The van der Waals surface area contributed by atoms with Gasteiger partial charge in [0.15, 0.2) is 11.5 Å². The highest BCUT2D eigenvalue weighted by Gasteiger charge is 2.37. The van der Waals surface area contributed by atoms with Crippen molar-refractivity contribution in [3.8, 4) is 11.5 Å². The molecule has 0 aliphatic carbocycles. The van der Waals surface area contributed by atoms with Gasteiger partial charge in [-0.05, 0) is 77.4 Å². The number of hydrogen-bond donors (Lipinski definition) is 2. The van der Waals surface area contributed by atoms with E-state index in [4.69, 9.17) is 4.74 Å². The number of anilines is 1. The molecule has 8 heteroatoms. The predicted molar refractivity (Wildman–Crippen MR) is 112 cm³/mol. The number of phenols is 1. The molecular weight excluding hydrogens is 475 g/mol. The highest BCUT2D eigenvalue weighted by molar-refractivity contribution is 14.1. The number of benzene rings is 2. The zero-order valence-electron chi connectivity index (χ0n) is 15.4. The number of urea groups is 1. The monoisotopic (exact) mass is 492 g/mol. The lowest BCUT2D eigenvalue weighted by atomic mass is 10.0. The van der Waals surface area contributed by atoms with Crippen molar-refractivity contribution in [2.75, 3.05) is 12.0 Å². The lowest BCUT2D eigenvalue weighted by Crippen LogP contribution is -2.54. The Morgan fingerprint density at radius 2 is 1.89 bits per heavy atom. The van der Waals surface area contributed by atoms with E-state index >= 15 is 0 Å². The Morgan fingerprint density at radius 1 is 1.18 bits per heavy atom. The molecule has 0 bridgehead atoms. The van der Waals surface area contributed by atoms with Crippen molar-refractivity contribution >= 4 is 52.2 Å². The molecule has 0 atom stereocenters. The Bertz CT molecular complexity index is 1050. The van der Waals surface area contributed by atoms with Gasteiger partial charge in [-0.15, -0.1) is 0 Å². The van der Waals surface area contributed by atoms with Gasteiger partial charge in [-0.2, -0.15) is 0 Å². The summed E-state index contributed by atoms with van der Waals surface area (Å²) in [4.78, 5) is 38.7. The first kappa shape index (κ1) is 19.9. The quantitative estimate of drug-likeness (QED) is 0.390. The molecule has 2 aromatic carbocycles. The van der Waals surface area contributed by atoms with E-state index in [9.17, 15) is 19.5 Å². The molecule has 28 heavy (non-hydrogen) atoms. The van der Waals surface area contributed by atoms with Crippen LogP contribution < -0.4 is 15.0 Å². The lowest BCUT2D eigenvalue weighted by Gasteiger charge is -2.28. The summed E-state index contributed by atoms with van der Waals surface area (Å²) < 4.78 is 5.61. The van der Waals surface area contributed by atoms with Crippen LogP contribution in [0.3, 0.4) is 0 Å². The fraction of sp³-hybridized carbons (Fsp3) is 0.150. The minimum Gasteiger partial charge on any atom is -0.504 e. The maximum atomic E-state index is 13.0. The number of ether oxygens (including phenoxy) is 1. The van der Waals surface area contributed by atoms with Gasteiger partial charge in [-0.3, -0.25) is 14.9 Å². The summed E-state index contributed by atoms with van der Waals surface area (Å²) in [5, 5.41) is 12.2. The van der Waals surface area contributed by atoms with E-state index in [1.165, 1.54) is 19.3 Å². The SMILES string of the molecule is COc1cc(/C=C2\C(=O)NC(=O)N(c3cccc(C)c3C)C2=O)cc(I)c1O. The number of aromatic hydroxyl groups is 1. The van der Waals surface area contributed by atoms with Crippen molar-refractivity contribution in [2.45, 2.75) is 13.8 Å². The number of aryl methyl sites for hydroxylation is 1. The van der Waals surface area contributed by atoms with Crippen molar-refractivity contribution in [2.24, 2.45) is 0 Å². The second kappa shape index (κ2) is 7.63. The predicted octanol–water partition coefficient (Wildman–Crippen LogP) is 3.29. The summed E-state index contributed by atoms with van der Waals surface area (Å²) in [6.07, 6.45) is 1.37. The van der Waals surface area contributed by atoms with E-state index in [0.29, 0.717) is 14.8 Å². The van der Waals surface area contributed by atoms with Crippen LogP contribution in [0.15, 0.2) is 35.9 Å². The first-order valence-electron chi connectivity index (χ1n) is 8.28. The molecule has 2 aromatic rings. The van der Waals surface area contributed by atoms with Gasteiger partial charge in [0.2, 0.25) is 0 Å². The van der Waals surface area contributed by atoms with E-state index in [2.05, 4.69) is 5.32 Å². The molecule has 1 heterocycles. The van der Waals surface area contributed by atoms with Gasteiger partial charge in [-0.25, -0.2) is 9.69 Å². The number of carbonyl (C=O) groups excluding carboxylic acids is 3. The first-order chi connectivity index (χ1) is 13.2. The Balaban J connectivity index is 2.09. The van der Waals surface area contributed by atoms with E-state index in [0.717, 1.165) is 16.0 Å². The van der Waals surface area contributed by atoms with Crippen molar-refractivity contribution in [3.63, 3.8) is 0 Å². The third kappa shape index (κ3) is 3.47. The average molecular weight is 492 g/mol. The topological polar surface area (TPSA) is 95.9 Å². The van der Waals surface area contributed by atoms with Crippen LogP contribution in [0.25, 0.3) is 6.08 Å². The summed E-state index contributed by atoms with van der Waals surface area (Å²) in [5.41, 5.74) is 2.38. The smallest absolute Gasteiger partial charge is 0.335 e. The molecule has 0 radical (unpaired) electrons. The molecule has 0 aromatic heterocycles. The Kier molecular flexibility index (Phi) is 5.41. The molecule has 1 aliphatic heterocycles. The van der Waals surface area contributed by atoms with Crippen LogP contribution in [-0.2, 0) is 9.59 Å². The van der Waals surface area contributed by atoms with Gasteiger partial charge in [0, 0.05) is 0 Å². The molecule has 0 unspecified atom stereocenters. The summed E-state index contributed by atoms with van der Waals surface area (Å²) in [6, 6.07) is 7.58. The van der Waals surface area contributed by atoms with Gasteiger partial charge in [0.05, 0.1) is 16.4 Å². The van der Waals surface area contributed by atoms with Crippen LogP contribution in [0, 0.1) is 17.4 Å². The zero-order valence-corrected chi connectivity index (χ0v) is 17.5. The van der Waals surface area contributed by atoms with Crippen molar-refractivity contribution in [3.05, 3.63) is 56.2 Å². The van der Waals surface area contributed by atoms with E-state index in [1.54, 1.807) is 25.1 Å². The summed E-state index contributed by atoms with van der Waals surface area (Å²) >= 11 is 1.92. The van der Waals surface area contributed by atoms with Gasteiger partial charge in [0.25, 0.3) is 11.8 Å². The van der Waals surface area contributed by atoms with Crippen molar-refractivity contribution in [1.82, 2.24) is 5.32 Å². The maximum absolute atomic E-state index is 13.0. The lowest BCUT2D eigenvalue weighted by molar-refractivity contribution is -0.122. The number of rotatable bonds is 3. The van der Waals surface area contributed by atoms with Crippen LogP contribution in [0.1, 0.15) is 16.7 Å². The van der Waals surface area contributed by atoms with Crippen molar-refractivity contribution < 1.29 is 24.2 Å². The molecule has 2 N–H and O–H groups in total. The number of halogens is 1. The van der Waals surface area contributed by atoms with Crippen molar-refractivity contribution in [1.29, 1.82) is 0 Å². The number of amides is 4. The summed E-state index contributed by atoms with van der Waals surface area (Å²) in [7, 11) is 1.40. The third-order valence-corrected chi connectivity index (χ3v) is 5.32. The molecule has 144 valence electrons. The van der Waals surface area contributed by atoms with Gasteiger partial charge in [-0.1, -0.05) is 12.1 Å². The number of imide groups is 2. The Morgan fingerprint density at radius 3 is 2.57 bits per heavy atom. The zero-order chi connectivity index (χ0) is 20.6. The van der Waals surface area contributed by atoms with Crippen LogP contribution in [0.2, 0.25) is 0 Å². The normalized spacial score (nSPS) is 15.8. The van der Waals surface area contributed by atoms with E-state index in [1.807, 2.05) is 35.6 Å². The average Bonchev–Trinajstić information content (AvgIpc) is 2.64. The molecule has 0 spiro atoms.